The van der Waals surface area contributed by atoms with E-state index in [1.165, 1.54) is 18.4 Å². The van der Waals surface area contributed by atoms with Gasteiger partial charge >= 0.3 is 5.97 Å². The Hall–Kier alpha value is -3.00. The summed E-state index contributed by atoms with van der Waals surface area (Å²) in [5.74, 6) is 0.370. The molecule has 1 N–H and O–H groups in total. The molecule has 3 rings (SSSR count). The molecule has 0 unspecified atom stereocenters. The molecule has 2 heterocycles. The van der Waals surface area contributed by atoms with Crippen molar-refractivity contribution in [1.82, 2.24) is 10.1 Å². The number of nitrogens with one attached hydrogen (secondary N) is 1. The summed E-state index contributed by atoms with van der Waals surface area (Å²) in [6.45, 7) is 0. The van der Waals surface area contributed by atoms with Crippen LogP contribution in [-0.4, -0.2) is 29.1 Å². The van der Waals surface area contributed by atoms with Gasteiger partial charge in [0.15, 0.2) is 0 Å². The summed E-state index contributed by atoms with van der Waals surface area (Å²) in [6, 6.07) is 10.6. The lowest BCUT2D eigenvalue weighted by Crippen LogP contribution is -2.15. The minimum absolute atomic E-state index is 0.195. The molecule has 7 nitrogen and oxygen atoms in total. The second kappa shape index (κ2) is 8.39. The first-order valence-corrected chi connectivity index (χ1v) is 8.89. The van der Waals surface area contributed by atoms with Crippen LogP contribution in [0.1, 0.15) is 29.1 Å². The van der Waals surface area contributed by atoms with Gasteiger partial charge in [-0.25, -0.2) is 4.79 Å². The second-order valence-corrected chi connectivity index (χ2v) is 6.38. The van der Waals surface area contributed by atoms with Crippen molar-refractivity contribution in [2.75, 3.05) is 12.4 Å². The highest BCUT2D eigenvalue weighted by molar-refractivity contribution is 7.13. The molecule has 0 spiro atoms. The molecule has 0 bridgehead atoms. The smallest absolute Gasteiger partial charge is 0.339 e. The van der Waals surface area contributed by atoms with Crippen molar-refractivity contribution >= 4 is 28.9 Å². The fourth-order valence-electron chi connectivity index (χ4n) is 2.36. The van der Waals surface area contributed by atoms with E-state index in [2.05, 4.69) is 15.5 Å². The minimum atomic E-state index is -0.493. The van der Waals surface area contributed by atoms with E-state index in [1.807, 2.05) is 17.5 Å². The summed E-state index contributed by atoms with van der Waals surface area (Å²) in [4.78, 5) is 29.1. The molecule has 1 amide bonds. The van der Waals surface area contributed by atoms with Crippen LogP contribution in [-0.2, 0) is 16.0 Å². The van der Waals surface area contributed by atoms with Gasteiger partial charge in [-0.1, -0.05) is 23.4 Å². The van der Waals surface area contributed by atoms with E-state index in [4.69, 9.17) is 9.26 Å². The number of hydrogen-bond acceptors (Lipinski definition) is 7. The van der Waals surface area contributed by atoms with Crippen molar-refractivity contribution in [3.8, 4) is 10.7 Å². The lowest BCUT2D eigenvalue weighted by atomic mass is 10.1. The summed E-state index contributed by atoms with van der Waals surface area (Å²) in [7, 11) is 1.30. The molecule has 0 fully saturated rings. The Labute approximate surface area is 154 Å². The third-order valence-corrected chi connectivity index (χ3v) is 4.48. The molecule has 26 heavy (non-hydrogen) atoms. The third-order valence-electron chi connectivity index (χ3n) is 3.61. The highest BCUT2D eigenvalue weighted by Crippen LogP contribution is 2.22. The van der Waals surface area contributed by atoms with Crippen LogP contribution >= 0.6 is 11.3 Å². The largest absolute Gasteiger partial charge is 0.465 e. The zero-order valence-electron chi connectivity index (χ0n) is 14.1. The van der Waals surface area contributed by atoms with Crippen molar-refractivity contribution in [3.05, 3.63) is 53.2 Å². The zero-order valence-corrected chi connectivity index (χ0v) is 14.9. The zero-order chi connectivity index (χ0) is 18.4. The second-order valence-electron chi connectivity index (χ2n) is 5.43. The first-order valence-electron chi connectivity index (χ1n) is 8.01. The van der Waals surface area contributed by atoms with Crippen molar-refractivity contribution in [1.29, 1.82) is 0 Å². The molecular weight excluding hydrogens is 354 g/mol. The SMILES string of the molecule is COC(=O)c1ccccc1NC(=O)CCCc1nc(-c2cccs2)no1. The van der Waals surface area contributed by atoms with Gasteiger partial charge in [0.1, 0.15) is 0 Å². The Morgan fingerprint density at radius 1 is 1.23 bits per heavy atom. The van der Waals surface area contributed by atoms with Crippen LogP contribution in [0, 0.1) is 0 Å². The van der Waals surface area contributed by atoms with Gasteiger partial charge in [0.25, 0.3) is 0 Å². The molecular formula is C18H17N3O4S. The summed E-state index contributed by atoms with van der Waals surface area (Å²) in [5, 5.41) is 8.62. The number of carbonyl (C=O) groups is 2. The average Bonchev–Trinajstić information content (AvgIpc) is 3.33. The van der Waals surface area contributed by atoms with E-state index < -0.39 is 5.97 Å². The number of rotatable bonds is 7. The fourth-order valence-corrected chi connectivity index (χ4v) is 3.00. The standard InChI is InChI=1S/C18H17N3O4S/c1-24-18(23)12-6-2-3-7-13(12)19-15(22)9-4-10-16-20-17(21-25-16)14-8-5-11-26-14/h2-3,5-8,11H,4,9-10H2,1H3,(H,19,22). The molecule has 0 atom stereocenters. The van der Waals surface area contributed by atoms with Crippen LogP contribution < -0.4 is 5.32 Å². The monoisotopic (exact) mass is 371 g/mol. The van der Waals surface area contributed by atoms with Crippen molar-refractivity contribution < 1.29 is 18.8 Å². The topological polar surface area (TPSA) is 94.3 Å². The summed E-state index contributed by atoms with van der Waals surface area (Å²) in [6.07, 6.45) is 1.33. The Morgan fingerprint density at radius 3 is 2.85 bits per heavy atom. The molecule has 0 aliphatic heterocycles. The molecule has 0 aliphatic rings. The molecule has 1 aromatic carbocycles. The van der Waals surface area contributed by atoms with Crippen LogP contribution in [0.2, 0.25) is 0 Å². The summed E-state index contributed by atoms with van der Waals surface area (Å²) >= 11 is 1.54. The van der Waals surface area contributed by atoms with Crippen LogP contribution in [0.25, 0.3) is 10.7 Å². The van der Waals surface area contributed by atoms with Crippen LogP contribution in [0.5, 0.6) is 0 Å². The van der Waals surface area contributed by atoms with Gasteiger partial charge in [0.05, 0.1) is 23.2 Å². The lowest BCUT2D eigenvalue weighted by molar-refractivity contribution is -0.116. The maximum absolute atomic E-state index is 12.1. The van der Waals surface area contributed by atoms with Crippen LogP contribution in [0.4, 0.5) is 5.69 Å². The van der Waals surface area contributed by atoms with E-state index in [9.17, 15) is 9.59 Å². The number of benzene rings is 1. The maximum Gasteiger partial charge on any atom is 0.339 e. The quantitative estimate of drug-likeness (QED) is 0.638. The fraction of sp³-hybridized carbons (Fsp3) is 0.222. The Balaban J connectivity index is 1.52. The van der Waals surface area contributed by atoms with E-state index in [0.717, 1.165) is 4.88 Å². The molecule has 134 valence electrons. The number of thiophene rings is 1. The number of methoxy groups -OCH3 is 1. The first kappa shape index (κ1) is 17.8. The molecule has 8 heteroatoms. The number of esters is 1. The van der Waals surface area contributed by atoms with Crippen molar-refractivity contribution in [3.63, 3.8) is 0 Å². The van der Waals surface area contributed by atoms with Gasteiger partial charge in [-0.2, -0.15) is 4.98 Å². The van der Waals surface area contributed by atoms with Gasteiger partial charge in [0.2, 0.25) is 17.6 Å². The number of carbonyl (C=O) groups excluding carboxylic acids is 2. The van der Waals surface area contributed by atoms with E-state index in [0.29, 0.717) is 35.8 Å². The van der Waals surface area contributed by atoms with Gasteiger partial charge in [-0.3, -0.25) is 4.79 Å². The van der Waals surface area contributed by atoms with Crippen molar-refractivity contribution in [2.45, 2.75) is 19.3 Å². The summed E-state index contributed by atoms with van der Waals surface area (Å²) < 4.78 is 9.92. The van der Waals surface area contributed by atoms with E-state index in [1.54, 1.807) is 24.3 Å². The molecule has 2 aromatic heterocycles. The number of nitrogens with zero attached hydrogens (tertiary/aromatic N) is 2. The van der Waals surface area contributed by atoms with E-state index >= 15 is 0 Å². The minimum Gasteiger partial charge on any atom is -0.465 e. The number of hydrogen-bond donors (Lipinski definition) is 1. The van der Waals surface area contributed by atoms with Crippen molar-refractivity contribution in [2.24, 2.45) is 0 Å². The number of ether oxygens (including phenoxy) is 1. The maximum atomic E-state index is 12.1. The highest BCUT2D eigenvalue weighted by atomic mass is 32.1. The molecule has 3 aromatic rings. The van der Waals surface area contributed by atoms with Crippen LogP contribution in [0.15, 0.2) is 46.3 Å². The number of aryl methyl sites for hydroxylation is 1. The number of anilines is 1. The van der Waals surface area contributed by atoms with Gasteiger partial charge in [0, 0.05) is 12.8 Å². The van der Waals surface area contributed by atoms with Crippen LogP contribution in [0.3, 0.4) is 0 Å². The predicted molar refractivity (Wildman–Crippen MR) is 97.0 cm³/mol. The average molecular weight is 371 g/mol. The summed E-state index contributed by atoms with van der Waals surface area (Å²) in [5.41, 5.74) is 0.753. The van der Waals surface area contributed by atoms with E-state index in [-0.39, 0.29) is 12.3 Å². The first-order chi connectivity index (χ1) is 12.7. The molecule has 0 saturated heterocycles. The normalized spacial score (nSPS) is 10.5. The Bertz CT molecular complexity index is 889. The highest BCUT2D eigenvalue weighted by Gasteiger charge is 2.14. The Kier molecular flexibility index (Phi) is 5.75. The molecule has 0 radical (unpaired) electrons. The molecule has 0 saturated carbocycles. The predicted octanol–water partition coefficient (Wildman–Crippen LogP) is 3.55. The lowest BCUT2D eigenvalue weighted by Gasteiger charge is -2.09. The van der Waals surface area contributed by atoms with Gasteiger partial charge in [-0.15, -0.1) is 11.3 Å². The third kappa shape index (κ3) is 4.34. The Morgan fingerprint density at radius 2 is 2.08 bits per heavy atom. The number of aromatic nitrogens is 2. The van der Waals surface area contributed by atoms with Gasteiger partial charge in [-0.05, 0) is 30.0 Å². The number of para-hydroxylation sites is 1. The molecule has 0 aliphatic carbocycles. The van der Waals surface area contributed by atoms with Gasteiger partial charge < -0.3 is 14.6 Å². The number of amides is 1.